The summed E-state index contributed by atoms with van der Waals surface area (Å²) in [4.78, 5) is 23.7. The van der Waals surface area contributed by atoms with Gasteiger partial charge in [0, 0.05) is 0 Å². The standard InChI is InChI=1S/C12H16O3/c1-4-7-12(8-5-2)10(13)9(6-3)15-11(12)14/h4-5,9H,1-2,6-8H2,3H3. The summed E-state index contributed by atoms with van der Waals surface area (Å²) in [7, 11) is 0. The molecule has 82 valence electrons. The molecule has 0 amide bonds. The average molecular weight is 208 g/mol. The summed E-state index contributed by atoms with van der Waals surface area (Å²) < 4.78 is 5.06. The van der Waals surface area contributed by atoms with Gasteiger partial charge in [0.25, 0.3) is 0 Å². The number of carbonyl (C=O) groups is 2. The maximum atomic E-state index is 12.0. The largest absolute Gasteiger partial charge is 0.454 e. The van der Waals surface area contributed by atoms with Crippen LogP contribution in [0.5, 0.6) is 0 Å². The van der Waals surface area contributed by atoms with Crippen LogP contribution in [-0.4, -0.2) is 17.9 Å². The number of allylic oxidation sites excluding steroid dienone is 2. The molecular weight excluding hydrogens is 192 g/mol. The number of carbonyl (C=O) groups excluding carboxylic acids is 2. The highest BCUT2D eigenvalue weighted by Crippen LogP contribution is 2.38. The fraction of sp³-hybridized carbons (Fsp3) is 0.500. The van der Waals surface area contributed by atoms with Crippen LogP contribution in [0.3, 0.4) is 0 Å². The van der Waals surface area contributed by atoms with Crippen LogP contribution >= 0.6 is 0 Å². The van der Waals surface area contributed by atoms with Crippen molar-refractivity contribution in [3.8, 4) is 0 Å². The molecule has 0 aromatic heterocycles. The van der Waals surface area contributed by atoms with E-state index >= 15 is 0 Å². The van der Waals surface area contributed by atoms with E-state index in [4.69, 9.17) is 4.74 Å². The average Bonchev–Trinajstić information content (AvgIpc) is 2.44. The van der Waals surface area contributed by atoms with Crippen molar-refractivity contribution in [3.63, 3.8) is 0 Å². The van der Waals surface area contributed by atoms with Crippen molar-refractivity contribution in [1.82, 2.24) is 0 Å². The molecule has 0 saturated carbocycles. The molecule has 3 nitrogen and oxygen atoms in total. The molecule has 0 bridgehead atoms. The predicted molar refractivity (Wildman–Crippen MR) is 57.2 cm³/mol. The Morgan fingerprint density at radius 2 is 1.87 bits per heavy atom. The van der Waals surface area contributed by atoms with E-state index in [1.807, 2.05) is 6.92 Å². The molecule has 1 saturated heterocycles. The predicted octanol–water partition coefficient (Wildman–Crippen LogP) is 2.03. The molecule has 0 aromatic carbocycles. The first-order valence-corrected chi connectivity index (χ1v) is 5.09. The summed E-state index contributed by atoms with van der Waals surface area (Å²) in [5.41, 5.74) is -1.05. The minimum atomic E-state index is -1.05. The van der Waals surface area contributed by atoms with Crippen molar-refractivity contribution >= 4 is 11.8 Å². The molecule has 1 aliphatic heterocycles. The van der Waals surface area contributed by atoms with Crippen molar-refractivity contribution in [1.29, 1.82) is 0 Å². The first kappa shape index (κ1) is 11.7. The number of cyclic esters (lactones) is 1. The Kier molecular flexibility index (Phi) is 3.45. The first-order valence-electron chi connectivity index (χ1n) is 5.09. The van der Waals surface area contributed by atoms with Crippen LogP contribution in [0.2, 0.25) is 0 Å². The number of esters is 1. The zero-order chi connectivity index (χ0) is 11.5. The van der Waals surface area contributed by atoms with Gasteiger partial charge in [0.05, 0.1) is 0 Å². The van der Waals surface area contributed by atoms with Gasteiger partial charge in [-0.2, -0.15) is 0 Å². The van der Waals surface area contributed by atoms with Crippen LogP contribution in [0.25, 0.3) is 0 Å². The molecule has 1 rings (SSSR count). The molecule has 0 radical (unpaired) electrons. The van der Waals surface area contributed by atoms with Crippen LogP contribution in [0.4, 0.5) is 0 Å². The molecule has 0 aliphatic carbocycles. The van der Waals surface area contributed by atoms with E-state index < -0.39 is 17.5 Å². The van der Waals surface area contributed by atoms with Crippen LogP contribution in [-0.2, 0) is 14.3 Å². The molecule has 0 spiro atoms. The van der Waals surface area contributed by atoms with Gasteiger partial charge in [-0.15, -0.1) is 13.2 Å². The molecule has 1 atom stereocenters. The van der Waals surface area contributed by atoms with Crippen LogP contribution in [0.1, 0.15) is 26.2 Å². The van der Waals surface area contributed by atoms with Gasteiger partial charge >= 0.3 is 5.97 Å². The molecule has 1 unspecified atom stereocenters. The van der Waals surface area contributed by atoms with Crippen LogP contribution in [0, 0.1) is 5.41 Å². The molecule has 1 heterocycles. The second-order valence-corrected chi connectivity index (χ2v) is 3.73. The van der Waals surface area contributed by atoms with Gasteiger partial charge in [-0.05, 0) is 19.3 Å². The van der Waals surface area contributed by atoms with E-state index in [0.717, 1.165) is 0 Å². The lowest BCUT2D eigenvalue weighted by Gasteiger charge is -2.19. The normalized spacial score (nSPS) is 23.7. The second kappa shape index (κ2) is 4.43. The third-order valence-electron chi connectivity index (χ3n) is 2.76. The molecule has 3 heteroatoms. The lowest BCUT2D eigenvalue weighted by molar-refractivity contribution is -0.148. The van der Waals surface area contributed by atoms with Gasteiger partial charge in [-0.3, -0.25) is 9.59 Å². The summed E-state index contributed by atoms with van der Waals surface area (Å²) in [6, 6.07) is 0. The minimum Gasteiger partial charge on any atom is -0.454 e. The monoisotopic (exact) mass is 208 g/mol. The lowest BCUT2D eigenvalue weighted by Crippen LogP contribution is -2.34. The summed E-state index contributed by atoms with van der Waals surface area (Å²) in [5, 5.41) is 0. The zero-order valence-corrected chi connectivity index (χ0v) is 8.99. The Hall–Kier alpha value is -1.38. The fourth-order valence-corrected chi connectivity index (χ4v) is 1.92. The topological polar surface area (TPSA) is 43.4 Å². The van der Waals surface area contributed by atoms with Crippen molar-refractivity contribution in [2.75, 3.05) is 0 Å². The van der Waals surface area contributed by atoms with Gasteiger partial charge in [0.2, 0.25) is 0 Å². The Balaban J connectivity index is 3.05. The highest BCUT2D eigenvalue weighted by molar-refractivity contribution is 6.11. The maximum absolute atomic E-state index is 12.0. The molecule has 1 fully saturated rings. The van der Waals surface area contributed by atoms with E-state index in [1.165, 1.54) is 0 Å². The number of ketones is 1. The quantitative estimate of drug-likeness (QED) is 0.394. The SMILES string of the molecule is C=CCC1(CC=C)C(=O)OC(CC)C1=O. The molecular formula is C12H16O3. The van der Waals surface area contributed by atoms with Crippen molar-refractivity contribution in [2.24, 2.45) is 5.41 Å². The third kappa shape index (κ3) is 1.74. The van der Waals surface area contributed by atoms with Gasteiger partial charge in [-0.1, -0.05) is 19.1 Å². The van der Waals surface area contributed by atoms with E-state index in [2.05, 4.69) is 13.2 Å². The zero-order valence-electron chi connectivity index (χ0n) is 8.99. The number of Topliss-reactive ketones (excluding diaryl/α,β-unsaturated/α-hetero) is 1. The first-order chi connectivity index (χ1) is 7.12. The third-order valence-corrected chi connectivity index (χ3v) is 2.76. The highest BCUT2D eigenvalue weighted by Gasteiger charge is 2.54. The van der Waals surface area contributed by atoms with Crippen LogP contribution < -0.4 is 0 Å². The molecule has 1 aliphatic rings. The highest BCUT2D eigenvalue weighted by atomic mass is 16.6. The Bertz CT molecular complexity index is 294. The summed E-state index contributed by atoms with van der Waals surface area (Å²) in [6.07, 6.45) is 3.76. The fourth-order valence-electron chi connectivity index (χ4n) is 1.92. The smallest absolute Gasteiger partial charge is 0.321 e. The van der Waals surface area contributed by atoms with Gasteiger partial charge < -0.3 is 4.74 Å². The molecule has 15 heavy (non-hydrogen) atoms. The summed E-state index contributed by atoms with van der Waals surface area (Å²) in [5.74, 6) is -0.561. The van der Waals surface area contributed by atoms with Gasteiger partial charge in [0.15, 0.2) is 11.9 Å². The number of ether oxygens (including phenoxy) is 1. The summed E-state index contributed by atoms with van der Waals surface area (Å²) in [6.45, 7) is 8.98. The summed E-state index contributed by atoms with van der Waals surface area (Å²) >= 11 is 0. The van der Waals surface area contributed by atoms with E-state index in [1.54, 1.807) is 12.2 Å². The molecule has 0 N–H and O–H groups in total. The lowest BCUT2D eigenvalue weighted by atomic mass is 9.77. The maximum Gasteiger partial charge on any atom is 0.321 e. The van der Waals surface area contributed by atoms with Gasteiger partial charge in [0.1, 0.15) is 5.41 Å². The van der Waals surface area contributed by atoms with Crippen LogP contribution in [0.15, 0.2) is 25.3 Å². The van der Waals surface area contributed by atoms with E-state index in [0.29, 0.717) is 19.3 Å². The number of rotatable bonds is 5. The van der Waals surface area contributed by atoms with Crippen molar-refractivity contribution in [2.45, 2.75) is 32.3 Å². The molecule has 0 aromatic rings. The van der Waals surface area contributed by atoms with Gasteiger partial charge in [-0.25, -0.2) is 0 Å². The Labute approximate surface area is 89.8 Å². The minimum absolute atomic E-state index is 0.130. The van der Waals surface area contributed by atoms with E-state index in [9.17, 15) is 9.59 Å². The van der Waals surface area contributed by atoms with Crippen molar-refractivity contribution < 1.29 is 14.3 Å². The number of hydrogen-bond donors (Lipinski definition) is 0. The van der Waals surface area contributed by atoms with E-state index in [-0.39, 0.29) is 5.78 Å². The number of hydrogen-bond acceptors (Lipinski definition) is 3. The second-order valence-electron chi connectivity index (χ2n) is 3.73. The van der Waals surface area contributed by atoms with Crippen molar-refractivity contribution in [3.05, 3.63) is 25.3 Å². The Morgan fingerprint density at radius 1 is 1.33 bits per heavy atom. The Morgan fingerprint density at radius 3 is 2.20 bits per heavy atom.